The van der Waals surface area contributed by atoms with Crippen LogP contribution in [0, 0.1) is 20.8 Å². The second-order valence-electron chi connectivity index (χ2n) is 7.41. The minimum Gasteiger partial charge on any atom is -0.452 e. The van der Waals surface area contributed by atoms with Gasteiger partial charge in [0, 0.05) is 6.08 Å². The zero-order valence-electron chi connectivity index (χ0n) is 18.2. The number of nitrogens with one attached hydrogen (secondary N) is 1. The van der Waals surface area contributed by atoms with Gasteiger partial charge in [-0.1, -0.05) is 29.8 Å². The largest absolute Gasteiger partial charge is 0.452 e. The van der Waals surface area contributed by atoms with Crippen molar-refractivity contribution in [3.05, 3.63) is 82.7 Å². The highest BCUT2D eigenvalue weighted by atomic mass is 19.4. The number of amides is 1. The molecule has 0 spiro atoms. The summed E-state index contributed by atoms with van der Waals surface area (Å²) >= 11 is 0. The van der Waals surface area contributed by atoms with Gasteiger partial charge in [0.15, 0.2) is 6.61 Å². The molecule has 1 heterocycles. The molecule has 0 unspecified atom stereocenters. The van der Waals surface area contributed by atoms with E-state index in [0.29, 0.717) is 17.1 Å². The van der Waals surface area contributed by atoms with E-state index < -0.39 is 30.2 Å². The molecule has 0 saturated carbocycles. The summed E-state index contributed by atoms with van der Waals surface area (Å²) in [6.07, 6.45) is -2.32. The van der Waals surface area contributed by atoms with E-state index in [1.54, 1.807) is 18.5 Å². The van der Waals surface area contributed by atoms with Crippen LogP contribution in [0.5, 0.6) is 0 Å². The van der Waals surface area contributed by atoms with Crippen LogP contribution in [0.3, 0.4) is 0 Å². The molecular weight excluding hydrogens is 435 g/mol. The van der Waals surface area contributed by atoms with Crippen molar-refractivity contribution in [1.82, 2.24) is 9.78 Å². The van der Waals surface area contributed by atoms with E-state index in [-0.39, 0.29) is 5.56 Å². The molecule has 0 bridgehead atoms. The normalized spacial score (nSPS) is 11.6. The first-order valence-electron chi connectivity index (χ1n) is 10.00. The first-order valence-corrected chi connectivity index (χ1v) is 10.00. The monoisotopic (exact) mass is 457 g/mol. The molecule has 172 valence electrons. The lowest BCUT2D eigenvalue weighted by Crippen LogP contribution is -2.20. The lowest BCUT2D eigenvalue weighted by atomic mass is 10.1. The van der Waals surface area contributed by atoms with Crippen molar-refractivity contribution >= 4 is 23.6 Å². The summed E-state index contributed by atoms with van der Waals surface area (Å²) in [4.78, 5) is 24.1. The number of rotatable bonds is 6. The number of halogens is 3. The molecule has 0 fully saturated rings. The van der Waals surface area contributed by atoms with Crippen molar-refractivity contribution < 1.29 is 27.5 Å². The van der Waals surface area contributed by atoms with Gasteiger partial charge < -0.3 is 10.1 Å². The number of anilines is 1. The second-order valence-corrected chi connectivity index (χ2v) is 7.41. The van der Waals surface area contributed by atoms with Crippen LogP contribution >= 0.6 is 0 Å². The number of hydrogen-bond donors (Lipinski definition) is 1. The Morgan fingerprint density at radius 2 is 1.79 bits per heavy atom. The lowest BCUT2D eigenvalue weighted by Gasteiger charge is -2.08. The molecule has 0 atom stereocenters. The van der Waals surface area contributed by atoms with Crippen LogP contribution in [0.15, 0.2) is 54.6 Å². The number of ether oxygens (including phenoxy) is 1. The Labute approximate surface area is 188 Å². The van der Waals surface area contributed by atoms with E-state index in [2.05, 4.69) is 10.4 Å². The molecule has 3 rings (SSSR count). The predicted molar refractivity (Wildman–Crippen MR) is 118 cm³/mol. The van der Waals surface area contributed by atoms with Crippen LogP contribution in [0.2, 0.25) is 0 Å². The molecule has 0 aliphatic carbocycles. The summed E-state index contributed by atoms with van der Waals surface area (Å²) in [7, 11) is 0. The van der Waals surface area contributed by atoms with Gasteiger partial charge in [0.25, 0.3) is 5.91 Å². The molecule has 1 amide bonds. The van der Waals surface area contributed by atoms with Gasteiger partial charge in [-0.05, 0) is 56.7 Å². The topological polar surface area (TPSA) is 73.2 Å². The van der Waals surface area contributed by atoms with Crippen molar-refractivity contribution in [3.63, 3.8) is 0 Å². The van der Waals surface area contributed by atoms with Crippen molar-refractivity contribution in [1.29, 1.82) is 0 Å². The predicted octanol–water partition coefficient (Wildman–Crippen LogP) is 5.01. The molecule has 33 heavy (non-hydrogen) atoms. The third-order valence-electron chi connectivity index (χ3n) is 4.81. The van der Waals surface area contributed by atoms with Crippen molar-refractivity contribution in [2.75, 3.05) is 11.9 Å². The van der Waals surface area contributed by atoms with Crippen LogP contribution in [-0.4, -0.2) is 28.3 Å². The quantitative estimate of drug-likeness (QED) is 0.417. The van der Waals surface area contributed by atoms with Gasteiger partial charge >= 0.3 is 12.1 Å². The zero-order chi connectivity index (χ0) is 24.2. The average molecular weight is 457 g/mol. The third-order valence-corrected chi connectivity index (χ3v) is 4.81. The maximum atomic E-state index is 12.8. The van der Waals surface area contributed by atoms with Crippen LogP contribution < -0.4 is 5.32 Å². The van der Waals surface area contributed by atoms with Crippen molar-refractivity contribution in [2.24, 2.45) is 0 Å². The van der Waals surface area contributed by atoms with E-state index in [4.69, 9.17) is 4.74 Å². The fourth-order valence-electron chi connectivity index (χ4n) is 3.10. The summed E-state index contributed by atoms with van der Waals surface area (Å²) in [5, 5.41) is 7.13. The Hall–Kier alpha value is -3.88. The third kappa shape index (κ3) is 6.09. The zero-order valence-corrected chi connectivity index (χ0v) is 18.2. The van der Waals surface area contributed by atoms with Gasteiger partial charge in [-0.2, -0.15) is 18.3 Å². The van der Waals surface area contributed by atoms with E-state index in [9.17, 15) is 22.8 Å². The Bertz CT molecular complexity index is 1200. The number of carbonyl (C=O) groups excluding carboxylic acids is 2. The molecule has 0 radical (unpaired) electrons. The van der Waals surface area contributed by atoms with E-state index in [1.807, 2.05) is 31.2 Å². The molecular formula is C24H22F3N3O3. The molecule has 1 aromatic heterocycles. The Morgan fingerprint density at radius 1 is 1.09 bits per heavy atom. The van der Waals surface area contributed by atoms with E-state index in [0.717, 1.165) is 29.5 Å². The van der Waals surface area contributed by atoms with Crippen molar-refractivity contribution in [2.45, 2.75) is 26.9 Å². The number of benzene rings is 2. The minimum atomic E-state index is -4.48. The fraction of sp³-hybridized carbons (Fsp3) is 0.208. The molecule has 2 aromatic carbocycles. The number of esters is 1. The van der Waals surface area contributed by atoms with Gasteiger partial charge in [-0.3, -0.25) is 4.79 Å². The molecule has 0 aliphatic heterocycles. The standard InChI is InChI=1S/C24H22F3N3O3/c1-15-7-10-20(11-8-15)30-17(3)23(16(2)29-30)28-21(31)14-33-22(32)12-9-18-5-4-6-19(13-18)24(25,26)27/h4-13H,14H2,1-3H3,(H,28,31)/b12-9+. The first-order chi connectivity index (χ1) is 15.5. The Morgan fingerprint density at radius 3 is 2.45 bits per heavy atom. The highest BCUT2D eigenvalue weighted by molar-refractivity contribution is 5.95. The lowest BCUT2D eigenvalue weighted by molar-refractivity contribution is -0.142. The van der Waals surface area contributed by atoms with Crippen LogP contribution in [0.1, 0.15) is 28.1 Å². The summed E-state index contributed by atoms with van der Waals surface area (Å²) in [5.74, 6) is -1.42. The number of nitrogens with zero attached hydrogens (tertiary/aromatic N) is 2. The average Bonchev–Trinajstić information content (AvgIpc) is 3.04. The molecule has 9 heteroatoms. The number of carbonyl (C=O) groups is 2. The van der Waals surface area contributed by atoms with Gasteiger partial charge in [-0.15, -0.1) is 0 Å². The summed E-state index contributed by atoms with van der Waals surface area (Å²) < 4.78 is 44.9. The molecule has 0 aliphatic rings. The van der Waals surface area contributed by atoms with Gasteiger partial charge in [0.05, 0.1) is 28.3 Å². The second kappa shape index (κ2) is 9.72. The summed E-state index contributed by atoms with van der Waals surface area (Å²) in [6, 6.07) is 12.2. The maximum absolute atomic E-state index is 12.8. The van der Waals surface area contributed by atoms with Gasteiger partial charge in [0.2, 0.25) is 0 Å². The minimum absolute atomic E-state index is 0.181. The SMILES string of the molecule is Cc1ccc(-n2nc(C)c(NC(=O)COC(=O)/C=C/c3cccc(C(F)(F)F)c3)c2C)cc1. The van der Waals surface area contributed by atoms with Crippen LogP contribution in [0.25, 0.3) is 11.8 Å². The first kappa shape index (κ1) is 23.8. The molecule has 0 saturated heterocycles. The summed E-state index contributed by atoms with van der Waals surface area (Å²) in [5.41, 5.74) is 3.12. The highest BCUT2D eigenvalue weighted by Crippen LogP contribution is 2.29. The van der Waals surface area contributed by atoms with Crippen LogP contribution in [-0.2, 0) is 20.5 Å². The number of alkyl halides is 3. The van der Waals surface area contributed by atoms with Crippen molar-refractivity contribution in [3.8, 4) is 5.69 Å². The molecule has 1 N–H and O–H groups in total. The number of aryl methyl sites for hydroxylation is 2. The fourth-order valence-corrected chi connectivity index (χ4v) is 3.10. The van der Waals surface area contributed by atoms with Gasteiger partial charge in [-0.25, -0.2) is 9.48 Å². The highest BCUT2D eigenvalue weighted by Gasteiger charge is 2.30. The van der Waals surface area contributed by atoms with Crippen LogP contribution in [0.4, 0.5) is 18.9 Å². The Kier molecular flexibility index (Phi) is 7.01. The Balaban J connectivity index is 1.59. The number of aromatic nitrogens is 2. The molecule has 3 aromatic rings. The van der Waals surface area contributed by atoms with E-state index >= 15 is 0 Å². The molecule has 6 nitrogen and oxygen atoms in total. The van der Waals surface area contributed by atoms with Gasteiger partial charge in [0.1, 0.15) is 0 Å². The smallest absolute Gasteiger partial charge is 0.416 e. The van der Waals surface area contributed by atoms with E-state index in [1.165, 1.54) is 18.2 Å². The maximum Gasteiger partial charge on any atom is 0.416 e. The number of hydrogen-bond acceptors (Lipinski definition) is 4. The summed E-state index contributed by atoms with van der Waals surface area (Å²) in [6.45, 7) is 4.98.